The number of nitrogens with two attached hydrogens (primary N) is 1. The first-order valence-corrected chi connectivity index (χ1v) is 9.94. The van der Waals surface area contributed by atoms with E-state index in [9.17, 15) is 4.39 Å². The van der Waals surface area contributed by atoms with Crippen LogP contribution in [0.5, 0.6) is 0 Å². The molecule has 0 aliphatic heterocycles. The third kappa shape index (κ3) is 2.97. The van der Waals surface area contributed by atoms with Crippen LogP contribution in [0, 0.1) is 5.82 Å². The molecule has 0 fully saturated rings. The standard InChI is InChI=1S/C24H16FN7/c25-16-3-1-13(2-4-16)20-11-28-12-22-18(20)7-21(30-22)23-19-6-15(9-29-24(19)32-31-23)14-5-17(26)10-27-8-14/h1-12,30H,26H2,(H,29,31,32). The molecule has 0 saturated carbocycles. The lowest BCUT2D eigenvalue weighted by Crippen LogP contribution is -1.88. The first-order valence-electron chi connectivity index (χ1n) is 9.94. The van der Waals surface area contributed by atoms with E-state index in [4.69, 9.17) is 5.73 Å². The van der Waals surface area contributed by atoms with Gasteiger partial charge in [-0.25, -0.2) is 9.37 Å². The van der Waals surface area contributed by atoms with Gasteiger partial charge in [0, 0.05) is 52.3 Å². The second kappa shape index (κ2) is 6.98. The molecule has 154 valence electrons. The summed E-state index contributed by atoms with van der Waals surface area (Å²) in [6.07, 6.45) is 8.67. The second-order valence-electron chi connectivity index (χ2n) is 7.54. The van der Waals surface area contributed by atoms with Crippen molar-refractivity contribution in [3.63, 3.8) is 0 Å². The third-order valence-corrected chi connectivity index (χ3v) is 5.47. The first-order chi connectivity index (χ1) is 15.7. The quantitative estimate of drug-likeness (QED) is 0.374. The predicted octanol–water partition coefficient (Wildman–Crippen LogP) is 4.95. The molecule has 32 heavy (non-hydrogen) atoms. The van der Waals surface area contributed by atoms with Crippen LogP contribution in [0.15, 0.2) is 73.4 Å². The summed E-state index contributed by atoms with van der Waals surface area (Å²) in [7, 11) is 0. The van der Waals surface area contributed by atoms with Gasteiger partial charge in [-0.1, -0.05) is 12.1 Å². The van der Waals surface area contributed by atoms with Gasteiger partial charge in [0.1, 0.15) is 11.5 Å². The molecule has 0 amide bonds. The van der Waals surface area contributed by atoms with Crippen LogP contribution < -0.4 is 5.73 Å². The highest BCUT2D eigenvalue weighted by atomic mass is 19.1. The van der Waals surface area contributed by atoms with Gasteiger partial charge in [-0.3, -0.25) is 15.1 Å². The molecule has 8 heteroatoms. The van der Waals surface area contributed by atoms with E-state index < -0.39 is 0 Å². The van der Waals surface area contributed by atoms with Crippen molar-refractivity contribution >= 4 is 27.6 Å². The van der Waals surface area contributed by atoms with Gasteiger partial charge in [0.2, 0.25) is 0 Å². The fraction of sp³-hybridized carbons (Fsp3) is 0. The fourth-order valence-corrected chi connectivity index (χ4v) is 3.92. The van der Waals surface area contributed by atoms with Crippen LogP contribution in [0.25, 0.3) is 55.6 Å². The Labute approximate surface area is 181 Å². The Morgan fingerprint density at radius 1 is 0.781 bits per heavy atom. The van der Waals surface area contributed by atoms with Crippen LogP contribution in [0.2, 0.25) is 0 Å². The average molecular weight is 421 g/mol. The minimum Gasteiger partial charge on any atom is -0.397 e. The predicted molar refractivity (Wildman–Crippen MR) is 122 cm³/mol. The zero-order valence-corrected chi connectivity index (χ0v) is 16.7. The second-order valence-corrected chi connectivity index (χ2v) is 7.54. The van der Waals surface area contributed by atoms with Gasteiger partial charge in [0.25, 0.3) is 0 Å². The summed E-state index contributed by atoms with van der Waals surface area (Å²) in [5.74, 6) is -0.273. The average Bonchev–Trinajstić information content (AvgIpc) is 3.43. The van der Waals surface area contributed by atoms with Crippen molar-refractivity contribution in [1.29, 1.82) is 0 Å². The maximum atomic E-state index is 13.4. The maximum Gasteiger partial charge on any atom is 0.155 e. The van der Waals surface area contributed by atoms with Crippen LogP contribution in [0.4, 0.5) is 10.1 Å². The van der Waals surface area contributed by atoms with E-state index >= 15 is 0 Å². The molecule has 5 aromatic heterocycles. The van der Waals surface area contributed by atoms with E-state index in [1.54, 1.807) is 43.1 Å². The Morgan fingerprint density at radius 2 is 1.59 bits per heavy atom. The summed E-state index contributed by atoms with van der Waals surface area (Å²) in [5, 5.41) is 9.34. The van der Waals surface area contributed by atoms with E-state index in [1.165, 1.54) is 12.1 Å². The zero-order valence-electron chi connectivity index (χ0n) is 16.7. The highest BCUT2D eigenvalue weighted by Gasteiger charge is 2.15. The van der Waals surface area contributed by atoms with E-state index in [-0.39, 0.29) is 5.82 Å². The molecule has 6 aromatic rings. The highest BCUT2D eigenvalue weighted by molar-refractivity contribution is 6.00. The molecule has 7 nitrogen and oxygen atoms in total. The van der Waals surface area contributed by atoms with Crippen LogP contribution in [-0.4, -0.2) is 30.1 Å². The number of benzene rings is 1. The Bertz CT molecular complexity index is 1600. The van der Waals surface area contributed by atoms with Crippen molar-refractivity contribution in [2.45, 2.75) is 0 Å². The smallest absolute Gasteiger partial charge is 0.155 e. The SMILES string of the molecule is Nc1cncc(-c2cnc3[nH]nc(-c4cc5c(-c6ccc(F)cc6)cncc5[nH]4)c3c2)c1. The molecule has 4 N–H and O–H groups in total. The molecule has 0 saturated heterocycles. The number of nitrogens with one attached hydrogen (secondary N) is 2. The molecule has 0 radical (unpaired) electrons. The number of hydrogen-bond acceptors (Lipinski definition) is 5. The van der Waals surface area contributed by atoms with Gasteiger partial charge < -0.3 is 10.7 Å². The minimum absolute atomic E-state index is 0.273. The van der Waals surface area contributed by atoms with Crippen molar-refractivity contribution in [2.75, 3.05) is 5.73 Å². The summed E-state index contributed by atoms with van der Waals surface area (Å²) < 4.78 is 13.4. The minimum atomic E-state index is -0.273. The van der Waals surface area contributed by atoms with Crippen molar-refractivity contribution in [2.24, 2.45) is 0 Å². The van der Waals surface area contributed by atoms with Gasteiger partial charge in [-0.15, -0.1) is 0 Å². The number of H-pyrrole nitrogens is 2. The molecule has 5 heterocycles. The van der Waals surface area contributed by atoms with E-state index in [2.05, 4.69) is 30.1 Å². The van der Waals surface area contributed by atoms with Gasteiger partial charge in [0.05, 0.1) is 23.1 Å². The summed E-state index contributed by atoms with van der Waals surface area (Å²) in [6, 6.07) is 12.3. The van der Waals surface area contributed by atoms with Crippen molar-refractivity contribution in [1.82, 2.24) is 30.1 Å². The number of aromatic amines is 2. The van der Waals surface area contributed by atoms with Crippen LogP contribution in [0.3, 0.4) is 0 Å². The number of anilines is 1. The number of fused-ring (bicyclic) bond motifs is 2. The number of rotatable bonds is 3. The maximum absolute atomic E-state index is 13.4. The van der Waals surface area contributed by atoms with Crippen LogP contribution >= 0.6 is 0 Å². The molecule has 0 atom stereocenters. The number of hydrogen-bond donors (Lipinski definition) is 3. The molecular formula is C24H16FN7. The monoisotopic (exact) mass is 421 g/mol. The summed E-state index contributed by atoms with van der Waals surface area (Å²) >= 11 is 0. The van der Waals surface area contributed by atoms with Gasteiger partial charge >= 0.3 is 0 Å². The van der Waals surface area contributed by atoms with Crippen LogP contribution in [-0.2, 0) is 0 Å². The summed E-state index contributed by atoms with van der Waals surface area (Å²) in [4.78, 5) is 16.4. The largest absolute Gasteiger partial charge is 0.397 e. The van der Waals surface area contributed by atoms with E-state index in [0.717, 1.165) is 49.9 Å². The Kier molecular flexibility index (Phi) is 3.97. The van der Waals surface area contributed by atoms with E-state index in [1.807, 2.05) is 18.2 Å². The molecular weight excluding hydrogens is 405 g/mol. The molecule has 0 aliphatic rings. The van der Waals surface area contributed by atoms with Gasteiger partial charge in [-0.2, -0.15) is 5.10 Å². The molecule has 6 rings (SSSR count). The molecule has 0 aliphatic carbocycles. The van der Waals surface area contributed by atoms with Gasteiger partial charge in [-0.05, 0) is 35.9 Å². The lowest BCUT2D eigenvalue weighted by Gasteiger charge is -2.02. The first kappa shape index (κ1) is 18.2. The normalized spacial score (nSPS) is 11.4. The number of aromatic nitrogens is 6. The molecule has 0 unspecified atom stereocenters. The Hall–Kier alpha value is -4.59. The Balaban J connectivity index is 1.50. The number of halogens is 1. The topological polar surface area (TPSA) is 109 Å². The van der Waals surface area contributed by atoms with E-state index in [0.29, 0.717) is 11.3 Å². The summed E-state index contributed by atoms with van der Waals surface area (Å²) in [5.41, 5.74) is 13.2. The number of nitrogen functional groups attached to an aromatic ring is 1. The Morgan fingerprint density at radius 3 is 2.44 bits per heavy atom. The zero-order chi connectivity index (χ0) is 21.7. The molecule has 1 aromatic carbocycles. The van der Waals surface area contributed by atoms with Crippen molar-refractivity contribution < 1.29 is 4.39 Å². The van der Waals surface area contributed by atoms with Gasteiger partial charge in [0.15, 0.2) is 5.65 Å². The number of nitrogens with zero attached hydrogens (tertiary/aromatic N) is 4. The van der Waals surface area contributed by atoms with Crippen molar-refractivity contribution in [3.05, 3.63) is 79.3 Å². The molecule has 0 bridgehead atoms. The lowest BCUT2D eigenvalue weighted by atomic mass is 10.0. The van der Waals surface area contributed by atoms with Crippen molar-refractivity contribution in [3.8, 4) is 33.6 Å². The lowest BCUT2D eigenvalue weighted by molar-refractivity contribution is 0.628. The summed E-state index contributed by atoms with van der Waals surface area (Å²) in [6.45, 7) is 0. The van der Waals surface area contributed by atoms with Crippen LogP contribution in [0.1, 0.15) is 0 Å². The fourth-order valence-electron chi connectivity index (χ4n) is 3.92. The molecule has 0 spiro atoms. The number of pyridine rings is 3. The third-order valence-electron chi connectivity index (χ3n) is 5.47. The highest BCUT2D eigenvalue weighted by Crippen LogP contribution is 2.34.